The van der Waals surface area contributed by atoms with Crippen LogP contribution in [0.5, 0.6) is 0 Å². The van der Waals surface area contributed by atoms with Gasteiger partial charge in [-0.15, -0.1) is 0 Å². The van der Waals surface area contributed by atoms with Gasteiger partial charge in [0.1, 0.15) is 5.69 Å². The number of rotatable bonds is 5. The van der Waals surface area contributed by atoms with Gasteiger partial charge >= 0.3 is 0 Å². The summed E-state index contributed by atoms with van der Waals surface area (Å²) in [5.41, 5.74) is 4.11. The van der Waals surface area contributed by atoms with E-state index in [2.05, 4.69) is 15.3 Å². The molecule has 1 aliphatic rings. The molecule has 2 aromatic carbocycles. The minimum absolute atomic E-state index is 0.0225. The number of hydrogen-bond acceptors (Lipinski definition) is 4. The largest absolute Gasteiger partial charge is 0.444 e. The van der Waals surface area contributed by atoms with E-state index < -0.39 is 0 Å². The number of nitrogens with one attached hydrogen (secondary N) is 2. The van der Waals surface area contributed by atoms with Gasteiger partial charge in [-0.25, -0.2) is 4.98 Å². The molecule has 7 nitrogen and oxygen atoms in total. The standard InChI is InChI=1S/C24H20N4O3/c29-23(26-17-8-6-16(7-9-17)22-14-25-15-31-22)21-11-10-20(27-21)18-4-1-2-5-19(18)24(30)28-12-3-13-28/h1-2,4-11,14-15,27H,3,12-13H2,(H,26,29). The van der Waals surface area contributed by atoms with E-state index >= 15 is 0 Å². The van der Waals surface area contributed by atoms with Gasteiger partial charge in [-0.05, 0) is 48.9 Å². The van der Waals surface area contributed by atoms with Crippen molar-refractivity contribution in [2.75, 3.05) is 18.4 Å². The molecule has 4 aromatic rings. The summed E-state index contributed by atoms with van der Waals surface area (Å²) in [5.74, 6) is 0.429. The van der Waals surface area contributed by atoms with Crippen molar-refractivity contribution in [3.05, 3.63) is 84.5 Å². The van der Waals surface area contributed by atoms with Gasteiger partial charge in [-0.3, -0.25) is 9.59 Å². The quantitative estimate of drug-likeness (QED) is 0.507. The topological polar surface area (TPSA) is 91.2 Å². The summed E-state index contributed by atoms with van der Waals surface area (Å²) in [6, 6.07) is 18.3. The summed E-state index contributed by atoms with van der Waals surface area (Å²) < 4.78 is 5.28. The number of benzene rings is 2. The number of aromatic amines is 1. The van der Waals surface area contributed by atoms with Crippen LogP contribution in [0, 0.1) is 0 Å². The van der Waals surface area contributed by atoms with Gasteiger partial charge in [0.2, 0.25) is 0 Å². The zero-order chi connectivity index (χ0) is 21.2. The van der Waals surface area contributed by atoms with Gasteiger partial charge in [-0.2, -0.15) is 0 Å². The SMILES string of the molecule is O=C(Nc1ccc(-c2cnco2)cc1)c1ccc(-c2ccccc2C(=O)N2CCC2)[nH]1. The Morgan fingerprint density at radius 2 is 1.81 bits per heavy atom. The number of anilines is 1. The molecule has 2 N–H and O–H groups in total. The highest BCUT2D eigenvalue weighted by Gasteiger charge is 2.24. The molecule has 0 bridgehead atoms. The molecule has 0 saturated carbocycles. The number of H-pyrrole nitrogens is 1. The van der Waals surface area contributed by atoms with E-state index in [1.165, 1.54) is 6.39 Å². The molecular formula is C24H20N4O3. The van der Waals surface area contributed by atoms with Crippen LogP contribution in [-0.4, -0.2) is 39.8 Å². The van der Waals surface area contributed by atoms with E-state index in [1.54, 1.807) is 24.4 Å². The zero-order valence-electron chi connectivity index (χ0n) is 16.7. The van der Waals surface area contributed by atoms with Crippen molar-refractivity contribution in [1.82, 2.24) is 14.9 Å². The lowest BCUT2D eigenvalue weighted by molar-refractivity contribution is 0.0652. The lowest BCUT2D eigenvalue weighted by atomic mass is 10.0. The third-order valence-corrected chi connectivity index (χ3v) is 5.38. The van der Waals surface area contributed by atoms with E-state index in [0.29, 0.717) is 22.7 Å². The molecule has 1 saturated heterocycles. The Bertz CT molecular complexity index is 1220. The molecular weight excluding hydrogens is 392 g/mol. The average Bonchev–Trinajstić information content (AvgIpc) is 3.45. The highest BCUT2D eigenvalue weighted by Crippen LogP contribution is 2.26. The molecule has 3 heterocycles. The fourth-order valence-electron chi connectivity index (χ4n) is 3.55. The Hall–Kier alpha value is -4.13. The first-order valence-corrected chi connectivity index (χ1v) is 10.1. The second kappa shape index (κ2) is 7.95. The molecule has 0 radical (unpaired) electrons. The van der Waals surface area contributed by atoms with Crippen molar-refractivity contribution < 1.29 is 14.0 Å². The van der Waals surface area contributed by atoms with Gasteiger partial charge in [0.25, 0.3) is 11.8 Å². The summed E-state index contributed by atoms with van der Waals surface area (Å²) in [5, 5.41) is 2.88. The number of nitrogens with zero attached hydrogens (tertiary/aromatic N) is 2. The van der Waals surface area contributed by atoms with Gasteiger partial charge in [0.05, 0.1) is 6.20 Å². The minimum atomic E-state index is -0.259. The van der Waals surface area contributed by atoms with Crippen molar-refractivity contribution in [3.63, 3.8) is 0 Å². The first kappa shape index (κ1) is 18.9. The van der Waals surface area contributed by atoms with Crippen LogP contribution in [0.3, 0.4) is 0 Å². The summed E-state index contributed by atoms with van der Waals surface area (Å²) in [6.45, 7) is 1.58. The normalized spacial score (nSPS) is 13.0. The Balaban J connectivity index is 1.33. The molecule has 154 valence electrons. The third-order valence-electron chi connectivity index (χ3n) is 5.38. The molecule has 31 heavy (non-hydrogen) atoms. The molecule has 0 aliphatic carbocycles. The van der Waals surface area contributed by atoms with Gasteiger partial charge < -0.3 is 19.6 Å². The van der Waals surface area contributed by atoms with Gasteiger partial charge in [-0.1, -0.05) is 18.2 Å². The van der Waals surface area contributed by atoms with Crippen molar-refractivity contribution in [2.45, 2.75) is 6.42 Å². The summed E-state index contributed by atoms with van der Waals surface area (Å²) in [4.78, 5) is 34.3. The van der Waals surface area contributed by atoms with Crippen molar-refractivity contribution in [1.29, 1.82) is 0 Å². The maximum absolute atomic E-state index is 12.7. The van der Waals surface area contributed by atoms with Crippen LogP contribution in [0.15, 0.2) is 77.7 Å². The van der Waals surface area contributed by atoms with Crippen LogP contribution in [0.2, 0.25) is 0 Å². The van der Waals surface area contributed by atoms with Crippen LogP contribution in [0.4, 0.5) is 5.69 Å². The number of aromatic nitrogens is 2. The molecule has 1 aliphatic heterocycles. The van der Waals surface area contributed by atoms with Crippen LogP contribution >= 0.6 is 0 Å². The molecule has 1 fully saturated rings. The fraction of sp³-hybridized carbons (Fsp3) is 0.125. The van der Waals surface area contributed by atoms with E-state index in [0.717, 1.165) is 36.3 Å². The van der Waals surface area contributed by atoms with Gasteiger partial charge in [0, 0.05) is 41.2 Å². The third kappa shape index (κ3) is 3.73. The second-order valence-electron chi connectivity index (χ2n) is 7.37. The smallest absolute Gasteiger partial charge is 0.272 e. The summed E-state index contributed by atoms with van der Waals surface area (Å²) in [6.07, 6.45) is 4.06. The monoisotopic (exact) mass is 412 g/mol. The van der Waals surface area contributed by atoms with Crippen LogP contribution in [-0.2, 0) is 0 Å². The molecule has 5 rings (SSSR count). The van der Waals surface area contributed by atoms with Crippen LogP contribution in [0.25, 0.3) is 22.6 Å². The van der Waals surface area contributed by atoms with Crippen molar-refractivity contribution >= 4 is 17.5 Å². The molecule has 0 spiro atoms. The lowest BCUT2D eigenvalue weighted by Crippen LogP contribution is -2.42. The number of oxazole rings is 1. The van der Waals surface area contributed by atoms with Crippen LogP contribution in [0.1, 0.15) is 27.3 Å². The minimum Gasteiger partial charge on any atom is -0.444 e. The predicted octanol–water partition coefficient (Wildman–Crippen LogP) is 4.43. The molecule has 0 unspecified atom stereocenters. The number of carbonyl (C=O) groups is 2. The van der Waals surface area contributed by atoms with E-state index in [1.807, 2.05) is 47.4 Å². The van der Waals surface area contributed by atoms with E-state index in [-0.39, 0.29) is 11.8 Å². The summed E-state index contributed by atoms with van der Waals surface area (Å²) in [7, 11) is 0. The number of hydrogen-bond donors (Lipinski definition) is 2. The average molecular weight is 412 g/mol. The Morgan fingerprint density at radius 3 is 2.52 bits per heavy atom. The van der Waals surface area contributed by atoms with Crippen molar-refractivity contribution in [2.24, 2.45) is 0 Å². The second-order valence-corrected chi connectivity index (χ2v) is 7.37. The van der Waals surface area contributed by atoms with Crippen molar-refractivity contribution in [3.8, 4) is 22.6 Å². The molecule has 2 aromatic heterocycles. The highest BCUT2D eigenvalue weighted by molar-refractivity contribution is 6.04. The summed E-state index contributed by atoms with van der Waals surface area (Å²) >= 11 is 0. The number of likely N-dealkylation sites (tertiary alicyclic amines) is 1. The lowest BCUT2D eigenvalue weighted by Gasteiger charge is -2.31. The first-order valence-electron chi connectivity index (χ1n) is 10.1. The Labute approximate surface area is 178 Å². The molecule has 2 amide bonds. The van der Waals surface area contributed by atoms with Gasteiger partial charge in [0.15, 0.2) is 12.2 Å². The maximum Gasteiger partial charge on any atom is 0.272 e. The highest BCUT2D eigenvalue weighted by atomic mass is 16.3. The number of amides is 2. The number of carbonyl (C=O) groups excluding carboxylic acids is 2. The van der Waals surface area contributed by atoms with E-state index in [4.69, 9.17) is 4.42 Å². The van der Waals surface area contributed by atoms with Crippen LogP contribution < -0.4 is 5.32 Å². The maximum atomic E-state index is 12.7. The molecule has 0 atom stereocenters. The Morgan fingerprint density at radius 1 is 1.00 bits per heavy atom. The molecule has 7 heteroatoms. The van der Waals surface area contributed by atoms with E-state index in [9.17, 15) is 9.59 Å². The first-order chi connectivity index (χ1) is 15.2. The predicted molar refractivity (Wildman–Crippen MR) is 117 cm³/mol. The zero-order valence-corrected chi connectivity index (χ0v) is 16.7. The Kier molecular flexibility index (Phi) is 4.84. The fourth-order valence-corrected chi connectivity index (χ4v) is 3.55.